The van der Waals surface area contributed by atoms with E-state index in [4.69, 9.17) is 5.11 Å². The molecule has 8 nitrogen and oxygen atoms in total. The lowest BCUT2D eigenvalue weighted by Gasteiger charge is -2.07. The van der Waals surface area contributed by atoms with Crippen molar-refractivity contribution in [3.63, 3.8) is 0 Å². The van der Waals surface area contributed by atoms with Crippen LogP contribution < -0.4 is 5.32 Å². The number of carbonyl (C=O) groups excluding carboxylic acids is 1. The summed E-state index contributed by atoms with van der Waals surface area (Å²) in [6.07, 6.45) is 4.97. The Hall–Kier alpha value is -3.39. The number of hydrogen-bond acceptors (Lipinski definition) is 10. The van der Waals surface area contributed by atoms with Gasteiger partial charge < -0.3 is 10.4 Å². The van der Waals surface area contributed by atoms with Crippen LogP contribution in [0, 0.1) is 17.7 Å². The van der Waals surface area contributed by atoms with Crippen LogP contribution in [0.3, 0.4) is 0 Å². The highest BCUT2D eigenvalue weighted by Crippen LogP contribution is 2.32. The standard InChI is InChI=1S/C18H18FN3OS2.C11H12N2O2S2/c1-11(2)9-14-15(22-18(25-14)17-20-7-8-24-17)16(23)21-10-12-3-5-13(19)6-4-12;1-6(2)5-7-8(11(14)15)13-10(17-7)9-12-3-4-16-9/h3-8,11H,9-10H2,1-2H3,(H,21,23);3-4,6H,5H2,1-2H3,(H,14,15). The summed E-state index contributed by atoms with van der Waals surface area (Å²) in [5.74, 6) is -0.619. The number of hydrogen-bond donors (Lipinski definition) is 2. The van der Waals surface area contributed by atoms with Crippen LogP contribution in [0.25, 0.3) is 20.0 Å². The molecule has 0 aliphatic rings. The summed E-state index contributed by atoms with van der Waals surface area (Å²) >= 11 is 5.94. The zero-order valence-electron chi connectivity index (χ0n) is 23.5. The number of benzene rings is 1. The van der Waals surface area contributed by atoms with Crippen molar-refractivity contribution < 1.29 is 19.1 Å². The normalized spacial score (nSPS) is 11.0. The molecule has 0 radical (unpaired) electrons. The topological polar surface area (TPSA) is 118 Å². The van der Waals surface area contributed by atoms with Gasteiger partial charge in [-0.1, -0.05) is 39.8 Å². The maximum atomic E-state index is 13.0. The van der Waals surface area contributed by atoms with Gasteiger partial charge in [-0.05, 0) is 42.4 Å². The molecule has 220 valence electrons. The second-order valence-corrected chi connectivity index (χ2v) is 14.0. The lowest BCUT2D eigenvalue weighted by molar-refractivity contribution is 0.0690. The van der Waals surface area contributed by atoms with E-state index in [2.05, 4.69) is 52.9 Å². The molecule has 5 rings (SSSR count). The molecule has 0 aliphatic carbocycles. The van der Waals surface area contributed by atoms with Crippen LogP contribution in [0.15, 0.2) is 47.4 Å². The second kappa shape index (κ2) is 14.7. The van der Waals surface area contributed by atoms with E-state index in [1.54, 1.807) is 24.5 Å². The van der Waals surface area contributed by atoms with Crippen LogP contribution in [0.2, 0.25) is 0 Å². The van der Waals surface area contributed by atoms with Gasteiger partial charge in [0.1, 0.15) is 11.5 Å². The Morgan fingerprint density at radius 1 is 0.810 bits per heavy atom. The van der Waals surface area contributed by atoms with Crippen LogP contribution in [0.5, 0.6) is 0 Å². The number of amides is 1. The fourth-order valence-corrected chi connectivity index (χ4v) is 7.67. The summed E-state index contributed by atoms with van der Waals surface area (Å²) < 4.78 is 13.0. The van der Waals surface area contributed by atoms with Gasteiger partial charge in [0.25, 0.3) is 5.91 Å². The minimum atomic E-state index is -0.959. The molecule has 0 saturated heterocycles. The van der Waals surface area contributed by atoms with Gasteiger partial charge in [-0.3, -0.25) is 4.79 Å². The number of carboxylic acid groups (broad SMARTS) is 1. The van der Waals surface area contributed by atoms with Crippen LogP contribution in [-0.4, -0.2) is 36.9 Å². The number of aromatic carboxylic acids is 1. The van der Waals surface area contributed by atoms with Crippen LogP contribution >= 0.6 is 45.3 Å². The van der Waals surface area contributed by atoms with Crippen LogP contribution in [-0.2, 0) is 19.4 Å². The summed E-state index contributed by atoms with van der Waals surface area (Å²) in [6, 6.07) is 6.09. The van der Waals surface area contributed by atoms with E-state index < -0.39 is 5.97 Å². The van der Waals surface area contributed by atoms with Crippen molar-refractivity contribution in [1.82, 2.24) is 25.3 Å². The number of nitrogens with zero attached hydrogens (tertiary/aromatic N) is 4. The molecule has 5 aromatic rings. The van der Waals surface area contributed by atoms with Crippen molar-refractivity contribution in [3.8, 4) is 20.0 Å². The van der Waals surface area contributed by atoms with Crippen molar-refractivity contribution in [3.05, 3.63) is 79.9 Å². The van der Waals surface area contributed by atoms with E-state index >= 15 is 0 Å². The van der Waals surface area contributed by atoms with E-state index in [0.717, 1.165) is 43.2 Å². The molecule has 0 saturated carbocycles. The number of rotatable bonds is 10. The molecule has 0 aliphatic heterocycles. The maximum absolute atomic E-state index is 13.0. The highest BCUT2D eigenvalue weighted by Gasteiger charge is 2.21. The summed E-state index contributed by atoms with van der Waals surface area (Å²) in [7, 11) is 0. The third-order valence-corrected chi connectivity index (χ3v) is 9.58. The molecule has 0 fully saturated rings. The summed E-state index contributed by atoms with van der Waals surface area (Å²) in [5.41, 5.74) is 1.48. The van der Waals surface area contributed by atoms with Crippen LogP contribution in [0.1, 0.15) is 64.0 Å². The van der Waals surface area contributed by atoms with E-state index in [-0.39, 0.29) is 17.4 Å². The molecule has 4 aromatic heterocycles. The molecule has 1 amide bonds. The van der Waals surface area contributed by atoms with Gasteiger partial charge in [0.15, 0.2) is 25.7 Å². The molecule has 0 spiro atoms. The quantitative estimate of drug-likeness (QED) is 0.160. The van der Waals surface area contributed by atoms with Gasteiger partial charge in [0, 0.05) is 39.5 Å². The molecular weight excluding hydrogens is 614 g/mol. The molecule has 1 aromatic carbocycles. The maximum Gasteiger partial charge on any atom is 0.355 e. The van der Waals surface area contributed by atoms with Gasteiger partial charge in [-0.25, -0.2) is 29.1 Å². The average molecular weight is 644 g/mol. The Balaban J connectivity index is 0.000000208. The third-order valence-electron chi connectivity index (χ3n) is 5.60. The first-order valence-electron chi connectivity index (χ1n) is 13.2. The zero-order chi connectivity index (χ0) is 30.2. The Morgan fingerprint density at radius 2 is 1.31 bits per heavy atom. The third kappa shape index (κ3) is 8.57. The van der Waals surface area contributed by atoms with Crippen molar-refractivity contribution in [2.24, 2.45) is 11.8 Å². The van der Waals surface area contributed by atoms with Gasteiger partial charge in [-0.15, -0.1) is 45.3 Å². The monoisotopic (exact) mass is 643 g/mol. The first kappa shape index (κ1) is 31.5. The van der Waals surface area contributed by atoms with Gasteiger partial charge in [0.2, 0.25) is 0 Å². The Labute approximate surface area is 259 Å². The van der Waals surface area contributed by atoms with Gasteiger partial charge in [-0.2, -0.15) is 0 Å². The predicted octanol–water partition coefficient (Wildman–Crippen LogP) is 7.70. The Kier molecular flexibility index (Phi) is 11.0. The lowest BCUT2D eigenvalue weighted by Crippen LogP contribution is -2.24. The van der Waals surface area contributed by atoms with Gasteiger partial charge in [0.05, 0.1) is 0 Å². The highest BCUT2D eigenvalue weighted by molar-refractivity contribution is 7.21. The molecule has 42 heavy (non-hydrogen) atoms. The Morgan fingerprint density at radius 3 is 1.76 bits per heavy atom. The van der Waals surface area contributed by atoms with Crippen molar-refractivity contribution in [2.75, 3.05) is 0 Å². The van der Waals surface area contributed by atoms with E-state index in [0.29, 0.717) is 29.1 Å². The summed E-state index contributed by atoms with van der Waals surface area (Å²) in [6.45, 7) is 8.69. The number of aromatic nitrogens is 4. The molecule has 0 bridgehead atoms. The van der Waals surface area contributed by atoms with Crippen molar-refractivity contribution in [1.29, 1.82) is 0 Å². The molecule has 0 unspecified atom stereocenters. The first-order valence-corrected chi connectivity index (χ1v) is 16.5. The highest BCUT2D eigenvalue weighted by atomic mass is 32.1. The SMILES string of the molecule is CC(C)Cc1sc(-c2nccs2)nc1C(=O)NCc1ccc(F)cc1.CC(C)Cc1sc(-c2nccs2)nc1C(=O)O. The minimum absolute atomic E-state index is 0.175. The molecule has 0 atom stereocenters. The molecule has 4 heterocycles. The second-order valence-electron chi connectivity index (χ2n) is 10.1. The number of halogens is 1. The van der Waals surface area contributed by atoms with Crippen LogP contribution in [0.4, 0.5) is 4.39 Å². The number of carboxylic acids is 1. The largest absolute Gasteiger partial charge is 0.476 e. The first-order chi connectivity index (χ1) is 20.1. The minimum Gasteiger partial charge on any atom is -0.476 e. The molecular formula is C29H30FN5O3S4. The summed E-state index contributed by atoms with van der Waals surface area (Å²) in [5, 5.41) is 18.8. The predicted molar refractivity (Wildman–Crippen MR) is 168 cm³/mol. The zero-order valence-corrected chi connectivity index (χ0v) is 26.7. The smallest absolute Gasteiger partial charge is 0.355 e. The van der Waals surface area contributed by atoms with Crippen molar-refractivity contribution in [2.45, 2.75) is 47.1 Å². The fraction of sp³-hybridized carbons (Fsp3) is 0.310. The van der Waals surface area contributed by atoms with Crippen molar-refractivity contribution >= 4 is 57.2 Å². The average Bonchev–Trinajstić information content (AvgIpc) is 3.75. The molecule has 2 N–H and O–H groups in total. The van der Waals surface area contributed by atoms with E-state index in [9.17, 15) is 14.0 Å². The number of nitrogens with one attached hydrogen (secondary N) is 1. The Bertz CT molecular complexity index is 1590. The number of carbonyl (C=O) groups is 2. The molecule has 13 heteroatoms. The van der Waals surface area contributed by atoms with E-state index in [1.807, 2.05) is 10.8 Å². The van der Waals surface area contributed by atoms with Gasteiger partial charge >= 0.3 is 5.97 Å². The lowest BCUT2D eigenvalue weighted by atomic mass is 10.1. The number of thiazole rings is 4. The summed E-state index contributed by atoms with van der Waals surface area (Å²) in [4.78, 5) is 42.7. The fourth-order valence-electron chi connectivity index (χ4n) is 3.78. The van der Waals surface area contributed by atoms with E-state index in [1.165, 1.54) is 57.5 Å².